The van der Waals surface area contributed by atoms with Crippen molar-refractivity contribution in [1.82, 2.24) is 9.80 Å². The van der Waals surface area contributed by atoms with E-state index in [0.29, 0.717) is 26.2 Å². The van der Waals surface area contributed by atoms with Crippen LogP contribution in [0.4, 0.5) is 4.79 Å². The molecule has 3 amide bonds. The summed E-state index contributed by atoms with van der Waals surface area (Å²) in [4.78, 5) is 27.6. The van der Waals surface area contributed by atoms with Crippen molar-refractivity contribution >= 4 is 11.9 Å². The van der Waals surface area contributed by atoms with Gasteiger partial charge >= 0.3 is 6.03 Å². The summed E-state index contributed by atoms with van der Waals surface area (Å²) in [5, 5.41) is 0. The van der Waals surface area contributed by atoms with E-state index in [9.17, 15) is 9.59 Å². The predicted molar refractivity (Wildman–Crippen MR) is 62.0 cm³/mol. The Hall–Kier alpha value is -1.14. The Kier molecular flexibility index (Phi) is 2.79. The van der Waals surface area contributed by atoms with Gasteiger partial charge in [0.1, 0.15) is 6.04 Å². The maximum absolute atomic E-state index is 12.3. The van der Waals surface area contributed by atoms with Crippen LogP contribution in [0.15, 0.2) is 0 Å². The van der Waals surface area contributed by atoms with Gasteiger partial charge in [-0.05, 0) is 13.8 Å². The van der Waals surface area contributed by atoms with Crippen molar-refractivity contribution < 1.29 is 19.1 Å². The van der Waals surface area contributed by atoms with Gasteiger partial charge in [0.15, 0.2) is 0 Å². The van der Waals surface area contributed by atoms with Crippen molar-refractivity contribution in [3.8, 4) is 0 Å². The minimum atomic E-state index is -0.364. The molecule has 0 aromatic carbocycles. The number of amides is 3. The molecule has 0 saturated carbocycles. The summed E-state index contributed by atoms with van der Waals surface area (Å²) < 4.78 is 10.3. The van der Waals surface area contributed by atoms with Gasteiger partial charge in [-0.1, -0.05) is 0 Å². The maximum atomic E-state index is 12.3. The summed E-state index contributed by atoms with van der Waals surface area (Å²) in [7, 11) is 0. The van der Waals surface area contributed by atoms with E-state index in [1.54, 1.807) is 4.90 Å². The predicted octanol–water partition coefficient (Wildman–Crippen LogP) is 0.215. The monoisotopic (exact) mass is 254 g/mol. The largest absolute Gasteiger partial charge is 0.373 e. The first-order valence-corrected chi connectivity index (χ1v) is 6.45. The molecule has 3 aliphatic rings. The van der Waals surface area contributed by atoms with E-state index in [-0.39, 0.29) is 36.2 Å². The molecule has 6 nitrogen and oxygen atoms in total. The van der Waals surface area contributed by atoms with Crippen molar-refractivity contribution in [1.29, 1.82) is 0 Å². The number of urea groups is 1. The molecule has 3 unspecified atom stereocenters. The zero-order chi connectivity index (χ0) is 12.9. The van der Waals surface area contributed by atoms with Crippen LogP contribution in [0.5, 0.6) is 0 Å². The SMILES string of the molecule is CC(C)N1C(=O)C(CC2CO2)N(CC2CO2)C1=O. The van der Waals surface area contributed by atoms with E-state index in [4.69, 9.17) is 9.47 Å². The lowest BCUT2D eigenvalue weighted by Crippen LogP contribution is -2.39. The summed E-state index contributed by atoms with van der Waals surface area (Å²) in [6.45, 7) is 5.63. The van der Waals surface area contributed by atoms with Crippen LogP contribution < -0.4 is 0 Å². The van der Waals surface area contributed by atoms with E-state index in [0.717, 1.165) is 0 Å². The molecule has 3 rings (SSSR count). The van der Waals surface area contributed by atoms with Gasteiger partial charge in [0.05, 0.1) is 32.0 Å². The molecule has 3 saturated heterocycles. The first-order chi connectivity index (χ1) is 8.58. The second kappa shape index (κ2) is 4.20. The zero-order valence-corrected chi connectivity index (χ0v) is 10.7. The number of rotatable bonds is 5. The quantitative estimate of drug-likeness (QED) is 0.520. The van der Waals surface area contributed by atoms with Crippen molar-refractivity contribution in [2.45, 2.75) is 44.6 Å². The summed E-state index contributed by atoms with van der Waals surface area (Å²) in [6, 6.07) is -0.648. The van der Waals surface area contributed by atoms with Crippen molar-refractivity contribution in [3.63, 3.8) is 0 Å². The molecule has 0 N–H and O–H groups in total. The molecule has 18 heavy (non-hydrogen) atoms. The van der Waals surface area contributed by atoms with Crippen molar-refractivity contribution in [2.24, 2.45) is 0 Å². The highest BCUT2D eigenvalue weighted by molar-refractivity contribution is 6.04. The second-order valence-electron chi connectivity index (χ2n) is 5.40. The van der Waals surface area contributed by atoms with Crippen molar-refractivity contribution in [3.05, 3.63) is 0 Å². The fraction of sp³-hybridized carbons (Fsp3) is 0.833. The van der Waals surface area contributed by atoms with E-state index < -0.39 is 0 Å². The van der Waals surface area contributed by atoms with E-state index in [1.807, 2.05) is 13.8 Å². The van der Waals surface area contributed by atoms with Crippen LogP contribution in [0.2, 0.25) is 0 Å². The summed E-state index contributed by atoms with van der Waals surface area (Å²) in [6.07, 6.45) is 0.860. The standard InChI is InChI=1S/C12H18N2O4/c1-7(2)14-11(15)10(3-8-5-17-8)13(12(14)16)4-9-6-18-9/h7-10H,3-6H2,1-2H3. The minimum absolute atomic E-state index is 0.0915. The molecule has 3 aliphatic heterocycles. The van der Waals surface area contributed by atoms with Crippen LogP contribution in [0, 0.1) is 0 Å². The first-order valence-electron chi connectivity index (χ1n) is 6.45. The molecule has 3 fully saturated rings. The molecular weight excluding hydrogens is 236 g/mol. The Morgan fingerprint density at radius 2 is 1.83 bits per heavy atom. The Morgan fingerprint density at radius 1 is 1.22 bits per heavy atom. The third-order valence-electron chi connectivity index (χ3n) is 3.56. The Balaban J connectivity index is 1.77. The highest BCUT2D eigenvalue weighted by Crippen LogP contribution is 2.29. The molecule has 100 valence electrons. The maximum Gasteiger partial charge on any atom is 0.327 e. The van der Waals surface area contributed by atoms with Gasteiger partial charge in [-0.15, -0.1) is 0 Å². The van der Waals surface area contributed by atoms with E-state index in [2.05, 4.69) is 0 Å². The van der Waals surface area contributed by atoms with Gasteiger partial charge in [-0.3, -0.25) is 9.69 Å². The molecule has 3 atom stereocenters. The van der Waals surface area contributed by atoms with Crippen LogP contribution >= 0.6 is 0 Å². The number of nitrogens with zero attached hydrogens (tertiary/aromatic N) is 2. The molecule has 0 aliphatic carbocycles. The number of epoxide rings is 2. The third-order valence-corrected chi connectivity index (χ3v) is 3.56. The highest BCUT2D eigenvalue weighted by atomic mass is 16.6. The Morgan fingerprint density at radius 3 is 2.33 bits per heavy atom. The number of carbonyl (C=O) groups excluding carboxylic acids is 2. The molecular formula is C12H18N2O4. The zero-order valence-electron chi connectivity index (χ0n) is 10.7. The van der Waals surface area contributed by atoms with Crippen molar-refractivity contribution in [2.75, 3.05) is 19.8 Å². The summed E-state index contributed by atoms with van der Waals surface area (Å²) in [5.41, 5.74) is 0. The first kappa shape index (κ1) is 11.9. The number of ether oxygens (including phenoxy) is 2. The smallest absolute Gasteiger partial charge is 0.327 e. The van der Waals surface area contributed by atoms with Crippen LogP contribution in [0.1, 0.15) is 20.3 Å². The average molecular weight is 254 g/mol. The van der Waals surface area contributed by atoms with E-state index >= 15 is 0 Å². The average Bonchev–Trinajstić information content (AvgIpc) is 3.16. The van der Waals surface area contributed by atoms with E-state index in [1.165, 1.54) is 4.90 Å². The molecule has 0 radical (unpaired) electrons. The van der Waals surface area contributed by atoms with Gasteiger partial charge in [-0.25, -0.2) is 4.79 Å². The van der Waals surface area contributed by atoms with Crippen LogP contribution in [0.25, 0.3) is 0 Å². The summed E-state index contributed by atoms with van der Waals surface area (Å²) >= 11 is 0. The molecule has 0 bridgehead atoms. The van der Waals surface area contributed by atoms with Gasteiger partial charge < -0.3 is 14.4 Å². The summed E-state index contributed by atoms with van der Waals surface area (Å²) in [5.74, 6) is -0.0915. The number of hydrogen-bond acceptors (Lipinski definition) is 4. The van der Waals surface area contributed by atoms with Gasteiger partial charge in [-0.2, -0.15) is 0 Å². The fourth-order valence-corrected chi connectivity index (χ4v) is 2.41. The molecule has 3 heterocycles. The Bertz CT molecular complexity index is 344. The molecule has 0 aromatic heterocycles. The normalized spacial score (nSPS) is 34.7. The highest BCUT2D eigenvalue weighted by Gasteiger charge is 2.49. The van der Waals surface area contributed by atoms with Gasteiger partial charge in [0.2, 0.25) is 0 Å². The Labute approximate surface area is 106 Å². The van der Waals surface area contributed by atoms with Gasteiger partial charge in [0, 0.05) is 12.5 Å². The van der Waals surface area contributed by atoms with Crippen LogP contribution in [0.3, 0.4) is 0 Å². The lowest BCUT2D eigenvalue weighted by Gasteiger charge is -2.20. The lowest BCUT2D eigenvalue weighted by atomic mass is 10.1. The van der Waals surface area contributed by atoms with Crippen LogP contribution in [-0.2, 0) is 14.3 Å². The number of hydrogen-bond donors (Lipinski definition) is 0. The fourth-order valence-electron chi connectivity index (χ4n) is 2.41. The number of imide groups is 1. The third kappa shape index (κ3) is 2.10. The topological polar surface area (TPSA) is 65.7 Å². The minimum Gasteiger partial charge on any atom is -0.373 e. The number of carbonyl (C=O) groups is 2. The molecule has 0 aromatic rings. The second-order valence-corrected chi connectivity index (χ2v) is 5.40. The van der Waals surface area contributed by atoms with Gasteiger partial charge in [0.25, 0.3) is 5.91 Å². The molecule has 6 heteroatoms. The van der Waals surface area contributed by atoms with Crippen LogP contribution in [-0.4, -0.2) is 65.8 Å². The molecule has 0 spiro atoms. The lowest BCUT2D eigenvalue weighted by molar-refractivity contribution is -0.129.